The zero-order valence-electron chi connectivity index (χ0n) is 11.4. The molecule has 110 valence electrons. The number of aromatic nitrogens is 1. The van der Waals surface area contributed by atoms with Gasteiger partial charge in [0.2, 0.25) is 5.88 Å². The molecule has 21 heavy (non-hydrogen) atoms. The summed E-state index contributed by atoms with van der Waals surface area (Å²) < 4.78 is 29.0. The lowest BCUT2D eigenvalue weighted by atomic mass is 9.99. The molecule has 1 aromatic heterocycles. The van der Waals surface area contributed by atoms with Crippen LogP contribution in [0.3, 0.4) is 0 Å². The minimum atomic E-state index is -3.24. The van der Waals surface area contributed by atoms with Gasteiger partial charge < -0.3 is 4.74 Å². The Balaban J connectivity index is 1.88. The smallest absolute Gasteiger partial charge is 0.217 e. The Morgan fingerprint density at radius 3 is 2.67 bits per heavy atom. The molecule has 0 radical (unpaired) electrons. The largest absolute Gasteiger partial charge is 0.469 e. The number of halogens is 1. The molecular weight excluding hydrogens is 310 g/mol. The number of pyridine rings is 1. The quantitative estimate of drug-likeness (QED) is 0.851. The highest BCUT2D eigenvalue weighted by Gasteiger charge is 2.23. The summed E-state index contributed by atoms with van der Waals surface area (Å²) in [6, 6.07) is 9.17. The van der Waals surface area contributed by atoms with Gasteiger partial charge in [0.25, 0.3) is 0 Å². The molecule has 0 saturated heterocycles. The summed E-state index contributed by atoms with van der Waals surface area (Å²) in [7, 11) is -3.24. The fraction of sp³-hybridized carbons (Fsp3) is 0.267. The Morgan fingerprint density at radius 1 is 1.29 bits per heavy atom. The highest BCUT2D eigenvalue weighted by atomic mass is 35.5. The first kappa shape index (κ1) is 14.4. The highest BCUT2D eigenvalue weighted by molar-refractivity contribution is 7.90. The summed E-state index contributed by atoms with van der Waals surface area (Å²) in [4.78, 5) is 4.38. The lowest BCUT2D eigenvalue weighted by Crippen LogP contribution is -2.16. The van der Waals surface area contributed by atoms with E-state index in [-0.39, 0.29) is 11.0 Å². The minimum absolute atomic E-state index is 0.0775. The Hall–Kier alpha value is -1.59. The molecule has 0 aliphatic carbocycles. The number of hydrogen-bond acceptors (Lipinski definition) is 4. The predicted molar refractivity (Wildman–Crippen MR) is 80.5 cm³/mol. The van der Waals surface area contributed by atoms with Gasteiger partial charge in [-0.2, -0.15) is 0 Å². The van der Waals surface area contributed by atoms with E-state index in [0.29, 0.717) is 10.9 Å². The number of aryl methyl sites for hydroxylation is 1. The zero-order chi connectivity index (χ0) is 15.0. The molecule has 0 amide bonds. The third-order valence-corrected chi connectivity index (χ3v) is 4.83. The molecule has 6 heteroatoms. The number of benzene rings is 1. The van der Waals surface area contributed by atoms with Gasteiger partial charge in [-0.25, -0.2) is 13.4 Å². The number of rotatable bonds is 2. The van der Waals surface area contributed by atoms with Crippen LogP contribution in [0.2, 0.25) is 5.02 Å². The van der Waals surface area contributed by atoms with Crippen molar-refractivity contribution in [1.29, 1.82) is 0 Å². The van der Waals surface area contributed by atoms with Gasteiger partial charge in [0.1, 0.15) is 6.10 Å². The van der Waals surface area contributed by atoms with E-state index in [1.807, 2.05) is 24.3 Å². The van der Waals surface area contributed by atoms with Crippen LogP contribution in [-0.2, 0) is 16.3 Å². The van der Waals surface area contributed by atoms with Crippen LogP contribution < -0.4 is 4.74 Å². The molecule has 4 nitrogen and oxygen atoms in total. The minimum Gasteiger partial charge on any atom is -0.469 e. The second kappa shape index (κ2) is 5.31. The maximum atomic E-state index is 11.5. The van der Waals surface area contributed by atoms with Gasteiger partial charge in [0.15, 0.2) is 9.84 Å². The Kier molecular flexibility index (Phi) is 3.63. The average Bonchev–Trinajstić information content (AvgIpc) is 2.46. The van der Waals surface area contributed by atoms with Crippen LogP contribution in [0.25, 0.3) is 0 Å². The van der Waals surface area contributed by atoms with Crippen LogP contribution in [0.5, 0.6) is 5.88 Å². The first-order chi connectivity index (χ1) is 9.93. The number of fused-ring (bicyclic) bond motifs is 1. The topological polar surface area (TPSA) is 56.3 Å². The summed E-state index contributed by atoms with van der Waals surface area (Å²) in [6.45, 7) is 0. The Labute approximate surface area is 128 Å². The van der Waals surface area contributed by atoms with Crippen molar-refractivity contribution in [3.8, 4) is 5.88 Å². The number of nitrogens with zero attached hydrogens (tertiary/aromatic N) is 1. The molecule has 1 aromatic carbocycles. The summed E-state index contributed by atoms with van der Waals surface area (Å²) in [5.41, 5.74) is 1.88. The predicted octanol–water partition coefficient (Wildman–Crippen LogP) is 3.20. The Morgan fingerprint density at radius 2 is 2.00 bits per heavy atom. The monoisotopic (exact) mass is 323 g/mol. The van der Waals surface area contributed by atoms with Gasteiger partial charge >= 0.3 is 0 Å². The highest BCUT2D eigenvalue weighted by Crippen LogP contribution is 2.34. The van der Waals surface area contributed by atoms with Gasteiger partial charge in [-0.1, -0.05) is 23.7 Å². The van der Waals surface area contributed by atoms with Gasteiger partial charge in [0.05, 0.1) is 4.90 Å². The molecule has 1 aliphatic rings. The molecule has 1 aliphatic heterocycles. The van der Waals surface area contributed by atoms with Crippen molar-refractivity contribution in [3.05, 3.63) is 52.7 Å². The lowest BCUT2D eigenvalue weighted by molar-refractivity contribution is 0.167. The molecule has 0 spiro atoms. The van der Waals surface area contributed by atoms with E-state index in [4.69, 9.17) is 16.3 Å². The standard InChI is InChI=1S/C15H14ClNO3S/c1-21(18,19)13-8-11-4-7-14(20-15(11)17-9-13)10-2-5-12(16)6-3-10/h2-3,5-6,8-9,14H,4,7H2,1H3/t14-/m1/s1. The summed E-state index contributed by atoms with van der Waals surface area (Å²) in [6.07, 6.45) is 3.96. The van der Waals surface area contributed by atoms with Crippen LogP contribution >= 0.6 is 11.6 Å². The maximum Gasteiger partial charge on any atom is 0.217 e. The Bertz CT molecular complexity index is 772. The van der Waals surface area contributed by atoms with E-state index in [0.717, 1.165) is 24.0 Å². The first-order valence-corrected chi connectivity index (χ1v) is 8.81. The zero-order valence-corrected chi connectivity index (χ0v) is 13.0. The normalized spacial score (nSPS) is 17.9. The van der Waals surface area contributed by atoms with E-state index in [1.165, 1.54) is 12.5 Å². The average molecular weight is 324 g/mol. The van der Waals surface area contributed by atoms with Crippen molar-refractivity contribution in [2.75, 3.05) is 6.26 Å². The van der Waals surface area contributed by atoms with Crippen molar-refractivity contribution < 1.29 is 13.2 Å². The van der Waals surface area contributed by atoms with Gasteiger partial charge in [-0.3, -0.25) is 0 Å². The van der Waals surface area contributed by atoms with Crippen LogP contribution in [0.15, 0.2) is 41.4 Å². The van der Waals surface area contributed by atoms with Crippen LogP contribution in [0, 0.1) is 0 Å². The van der Waals surface area contributed by atoms with Crippen LogP contribution in [-0.4, -0.2) is 19.7 Å². The molecule has 2 heterocycles. The van der Waals surface area contributed by atoms with E-state index < -0.39 is 9.84 Å². The fourth-order valence-corrected chi connectivity index (χ4v) is 3.08. The van der Waals surface area contributed by atoms with Crippen molar-refractivity contribution in [3.63, 3.8) is 0 Å². The molecule has 0 bridgehead atoms. The van der Waals surface area contributed by atoms with Crippen LogP contribution in [0.1, 0.15) is 23.7 Å². The number of hydrogen-bond donors (Lipinski definition) is 0. The maximum absolute atomic E-state index is 11.5. The molecule has 0 fully saturated rings. The van der Waals surface area contributed by atoms with Crippen molar-refractivity contribution in [2.24, 2.45) is 0 Å². The molecule has 1 atom stereocenters. The number of ether oxygens (including phenoxy) is 1. The molecular formula is C15H14ClNO3S. The third kappa shape index (κ3) is 3.04. The van der Waals surface area contributed by atoms with E-state index >= 15 is 0 Å². The lowest BCUT2D eigenvalue weighted by Gasteiger charge is -2.25. The first-order valence-electron chi connectivity index (χ1n) is 6.54. The molecule has 0 unspecified atom stereocenters. The van der Waals surface area contributed by atoms with E-state index in [2.05, 4.69) is 4.98 Å². The SMILES string of the molecule is CS(=O)(=O)c1cnc2c(c1)CC[C@H](c1ccc(Cl)cc1)O2. The number of sulfone groups is 1. The third-order valence-electron chi connectivity index (χ3n) is 3.50. The molecule has 3 rings (SSSR count). The van der Waals surface area contributed by atoms with Gasteiger partial charge in [0, 0.05) is 23.0 Å². The van der Waals surface area contributed by atoms with Crippen molar-refractivity contribution in [2.45, 2.75) is 23.8 Å². The van der Waals surface area contributed by atoms with Gasteiger partial charge in [-0.15, -0.1) is 0 Å². The molecule has 0 saturated carbocycles. The van der Waals surface area contributed by atoms with E-state index in [1.54, 1.807) is 6.07 Å². The summed E-state index contributed by atoms with van der Waals surface area (Å²) in [5.74, 6) is 0.508. The summed E-state index contributed by atoms with van der Waals surface area (Å²) >= 11 is 5.88. The molecule has 0 N–H and O–H groups in total. The second-order valence-electron chi connectivity index (χ2n) is 5.10. The van der Waals surface area contributed by atoms with Crippen molar-refractivity contribution >= 4 is 21.4 Å². The van der Waals surface area contributed by atoms with Crippen LogP contribution in [0.4, 0.5) is 0 Å². The fourth-order valence-electron chi connectivity index (χ4n) is 2.36. The van der Waals surface area contributed by atoms with Crippen molar-refractivity contribution in [1.82, 2.24) is 4.98 Å². The van der Waals surface area contributed by atoms with E-state index in [9.17, 15) is 8.42 Å². The van der Waals surface area contributed by atoms with Gasteiger partial charge in [-0.05, 0) is 36.6 Å². The second-order valence-corrected chi connectivity index (χ2v) is 7.56. The molecule has 2 aromatic rings. The summed E-state index contributed by atoms with van der Waals surface area (Å²) in [5, 5.41) is 0.686.